The van der Waals surface area contributed by atoms with Gasteiger partial charge in [-0.25, -0.2) is 0 Å². The van der Waals surface area contributed by atoms with Crippen LogP contribution in [0, 0.1) is 13.8 Å². The van der Waals surface area contributed by atoms with Crippen molar-refractivity contribution in [2.75, 3.05) is 11.1 Å². The van der Waals surface area contributed by atoms with E-state index in [1.54, 1.807) is 11.8 Å². The van der Waals surface area contributed by atoms with Gasteiger partial charge in [0.1, 0.15) is 5.76 Å². The zero-order chi connectivity index (χ0) is 13.7. The van der Waals surface area contributed by atoms with Gasteiger partial charge in [0.05, 0.1) is 5.69 Å². The Balaban J connectivity index is 2.09. The smallest absolute Gasteiger partial charge is 0.138 e. The average Bonchev–Trinajstić information content (AvgIpc) is 2.74. The lowest BCUT2D eigenvalue weighted by Gasteiger charge is -2.10. The maximum atomic E-state index is 5.17. The predicted octanol–water partition coefficient (Wildman–Crippen LogP) is 4.18. The second-order valence-corrected chi connectivity index (χ2v) is 5.31. The van der Waals surface area contributed by atoms with E-state index in [9.17, 15) is 0 Å². The summed E-state index contributed by atoms with van der Waals surface area (Å²) >= 11 is 1.77. The highest BCUT2D eigenvalue weighted by molar-refractivity contribution is 7.99. The Morgan fingerprint density at radius 2 is 2.16 bits per heavy atom. The molecule has 0 aliphatic carbocycles. The van der Waals surface area contributed by atoms with E-state index in [-0.39, 0.29) is 0 Å². The summed E-state index contributed by atoms with van der Waals surface area (Å²) in [5.41, 5.74) is 3.21. The summed E-state index contributed by atoms with van der Waals surface area (Å²) in [5, 5.41) is 7.42. The van der Waals surface area contributed by atoms with Gasteiger partial charge in [-0.1, -0.05) is 23.4 Å². The number of para-hydroxylation sites is 1. The molecule has 0 saturated heterocycles. The van der Waals surface area contributed by atoms with Gasteiger partial charge in [-0.3, -0.25) is 0 Å². The highest BCUT2D eigenvalue weighted by Gasteiger charge is 2.09. The third-order valence-corrected chi connectivity index (χ3v) is 3.95. The summed E-state index contributed by atoms with van der Waals surface area (Å²) in [6.45, 7) is 8.39. The molecule has 2 rings (SSSR count). The molecule has 0 aliphatic heterocycles. The minimum Gasteiger partial charge on any atom is -0.380 e. The lowest BCUT2D eigenvalue weighted by molar-refractivity contribution is 0.392. The molecule has 100 valence electrons. The SMILES string of the molecule is C=CCSc1ccccc1NCc1c(C)noc1C. The summed E-state index contributed by atoms with van der Waals surface area (Å²) in [5.74, 6) is 1.78. The van der Waals surface area contributed by atoms with Crippen LogP contribution in [0.2, 0.25) is 0 Å². The zero-order valence-electron chi connectivity index (χ0n) is 11.3. The highest BCUT2D eigenvalue weighted by Crippen LogP contribution is 2.27. The van der Waals surface area contributed by atoms with E-state index in [2.05, 4.69) is 29.2 Å². The number of nitrogens with one attached hydrogen (secondary N) is 1. The molecule has 4 heteroatoms. The fourth-order valence-corrected chi connectivity index (χ4v) is 2.59. The Kier molecular flexibility index (Phi) is 4.68. The molecule has 1 heterocycles. The maximum Gasteiger partial charge on any atom is 0.138 e. The Morgan fingerprint density at radius 1 is 1.37 bits per heavy atom. The summed E-state index contributed by atoms with van der Waals surface area (Å²) in [7, 11) is 0. The van der Waals surface area contributed by atoms with E-state index in [1.165, 1.54) is 4.90 Å². The summed E-state index contributed by atoms with van der Waals surface area (Å²) in [6, 6.07) is 8.29. The van der Waals surface area contributed by atoms with Gasteiger partial charge in [-0.05, 0) is 26.0 Å². The number of aryl methyl sites for hydroxylation is 2. The third-order valence-electron chi connectivity index (χ3n) is 2.88. The van der Waals surface area contributed by atoms with Crippen molar-refractivity contribution in [2.24, 2.45) is 0 Å². The Morgan fingerprint density at radius 3 is 2.84 bits per heavy atom. The highest BCUT2D eigenvalue weighted by atomic mass is 32.2. The van der Waals surface area contributed by atoms with E-state index in [0.29, 0.717) is 0 Å². The minimum atomic E-state index is 0.729. The van der Waals surface area contributed by atoms with Crippen LogP contribution < -0.4 is 5.32 Å². The molecular formula is C15H18N2OS. The van der Waals surface area contributed by atoms with Gasteiger partial charge >= 0.3 is 0 Å². The van der Waals surface area contributed by atoms with Crippen LogP contribution >= 0.6 is 11.8 Å². The molecule has 1 aromatic carbocycles. The van der Waals surface area contributed by atoms with Gasteiger partial charge < -0.3 is 9.84 Å². The first-order valence-electron chi connectivity index (χ1n) is 6.20. The second-order valence-electron chi connectivity index (χ2n) is 4.25. The lowest BCUT2D eigenvalue weighted by Crippen LogP contribution is -2.02. The van der Waals surface area contributed by atoms with Crippen LogP contribution in [-0.4, -0.2) is 10.9 Å². The van der Waals surface area contributed by atoms with Crippen LogP contribution in [0.1, 0.15) is 17.0 Å². The van der Waals surface area contributed by atoms with E-state index in [1.807, 2.05) is 32.1 Å². The number of hydrogen-bond acceptors (Lipinski definition) is 4. The third kappa shape index (κ3) is 3.41. The van der Waals surface area contributed by atoms with Crippen LogP contribution in [0.25, 0.3) is 0 Å². The predicted molar refractivity (Wildman–Crippen MR) is 80.7 cm³/mol. The zero-order valence-corrected chi connectivity index (χ0v) is 12.1. The average molecular weight is 274 g/mol. The molecule has 0 saturated carbocycles. The van der Waals surface area contributed by atoms with E-state index in [4.69, 9.17) is 4.52 Å². The van der Waals surface area contributed by atoms with Gasteiger partial charge in [-0.2, -0.15) is 0 Å². The number of anilines is 1. The molecule has 0 atom stereocenters. The monoisotopic (exact) mass is 274 g/mol. The molecule has 3 nitrogen and oxygen atoms in total. The minimum absolute atomic E-state index is 0.729. The first-order chi connectivity index (χ1) is 9.22. The van der Waals surface area contributed by atoms with Crippen LogP contribution in [0.4, 0.5) is 5.69 Å². The van der Waals surface area contributed by atoms with E-state index in [0.717, 1.165) is 35.0 Å². The standard InChI is InChI=1S/C15H18N2OS/c1-4-9-19-15-8-6-5-7-14(15)16-10-13-11(2)17-18-12(13)3/h4-8,16H,1,9-10H2,2-3H3. The number of hydrogen-bond donors (Lipinski definition) is 1. The molecule has 0 unspecified atom stereocenters. The molecule has 0 bridgehead atoms. The molecule has 0 amide bonds. The number of nitrogens with zero attached hydrogens (tertiary/aromatic N) is 1. The summed E-state index contributed by atoms with van der Waals surface area (Å²) in [4.78, 5) is 1.23. The van der Waals surface area contributed by atoms with E-state index >= 15 is 0 Å². The molecule has 0 aliphatic rings. The fourth-order valence-electron chi connectivity index (χ4n) is 1.83. The van der Waals surface area contributed by atoms with Crippen LogP contribution in [0.5, 0.6) is 0 Å². The maximum absolute atomic E-state index is 5.17. The molecule has 1 N–H and O–H groups in total. The quantitative estimate of drug-likeness (QED) is 0.633. The van der Waals surface area contributed by atoms with Crippen molar-refractivity contribution in [3.63, 3.8) is 0 Å². The van der Waals surface area contributed by atoms with Crippen molar-refractivity contribution < 1.29 is 4.52 Å². The van der Waals surface area contributed by atoms with Crippen LogP contribution in [-0.2, 0) is 6.54 Å². The number of benzene rings is 1. The molecule has 0 spiro atoms. The summed E-state index contributed by atoms with van der Waals surface area (Å²) < 4.78 is 5.17. The van der Waals surface area contributed by atoms with Gasteiger partial charge in [-0.15, -0.1) is 18.3 Å². The molecular weight excluding hydrogens is 256 g/mol. The van der Waals surface area contributed by atoms with Crippen molar-refractivity contribution in [3.05, 3.63) is 53.9 Å². The summed E-state index contributed by atoms with van der Waals surface area (Å²) in [6.07, 6.45) is 1.91. The number of rotatable bonds is 6. The van der Waals surface area contributed by atoms with Crippen molar-refractivity contribution in [2.45, 2.75) is 25.3 Å². The van der Waals surface area contributed by atoms with E-state index < -0.39 is 0 Å². The molecule has 0 radical (unpaired) electrons. The van der Waals surface area contributed by atoms with Gasteiger partial charge in [0.2, 0.25) is 0 Å². The molecule has 0 fully saturated rings. The first kappa shape index (κ1) is 13.7. The van der Waals surface area contributed by atoms with Gasteiger partial charge in [0.15, 0.2) is 0 Å². The molecule has 2 aromatic rings. The van der Waals surface area contributed by atoms with Crippen LogP contribution in [0.15, 0.2) is 46.3 Å². The van der Waals surface area contributed by atoms with Crippen LogP contribution in [0.3, 0.4) is 0 Å². The topological polar surface area (TPSA) is 38.1 Å². The molecule has 1 aromatic heterocycles. The van der Waals surface area contributed by atoms with Crippen molar-refractivity contribution in [1.29, 1.82) is 0 Å². The number of thioether (sulfide) groups is 1. The Hall–Kier alpha value is -1.68. The largest absolute Gasteiger partial charge is 0.380 e. The van der Waals surface area contributed by atoms with Crippen molar-refractivity contribution in [3.8, 4) is 0 Å². The van der Waals surface area contributed by atoms with Crippen molar-refractivity contribution >= 4 is 17.4 Å². The Labute approximate surface area is 118 Å². The number of aromatic nitrogens is 1. The first-order valence-corrected chi connectivity index (χ1v) is 7.19. The fraction of sp³-hybridized carbons (Fsp3) is 0.267. The Bertz CT molecular complexity index is 544. The lowest BCUT2D eigenvalue weighted by atomic mass is 10.2. The van der Waals surface area contributed by atoms with Gasteiger partial charge in [0, 0.05) is 28.4 Å². The van der Waals surface area contributed by atoms with Gasteiger partial charge in [0.25, 0.3) is 0 Å². The molecule has 19 heavy (non-hydrogen) atoms. The second kappa shape index (κ2) is 6.48. The van der Waals surface area contributed by atoms with Crippen molar-refractivity contribution in [1.82, 2.24) is 5.16 Å². The normalized spacial score (nSPS) is 10.4.